The lowest BCUT2D eigenvalue weighted by Crippen LogP contribution is -2.45. The van der Waals surface area contributed by atoms with E-state index in [0.29, 0.717) is 23.5 Å². The van der Waals surface area contributed by atoms with Crippen LogP contribution >= 0.6 is 15.9 Å². The number of halogens is 1. The Hall–Kier alpha value is -0.880. The molecule has 0 spiro atoms. The van der Waals surface area contributed by atoms with Crippen LogP contribution in [0.5, 0.6) is 0 Å². The van der Waals surface area contributed by atoms with Crippen LogP contribution in [0.3, 0.4) is 0 Å². The van der Waals surface area contributed by atoms with Gasteiger partial charge in [-0.25, -0.2) is 4.68 Å². The fraction of sp³-hybridized carbons (Fsp3) is 0.667. The minimum atomic E-state index is -0.158. The summed E-state index contributed by atoms with van der Waals surface area (Å²) in [5.41, 5.74) is 6.31. The van der Waals surface area contributed by atoms with Crippen LogP contribution in [0.1, 0.15) is 26.7 Å². The predicted molar refractivity (Wildman–Crippen MR) is 75.7 cm³/mol. The van der Waals surface area contributed by atoms with Gasteiger partial charge in [0, 0.05) is 18.6 Å². The van der Waals surface area contributed by atoms with Gasteiger partial charge in [-0.1, -0.05) is 0 Å². The van der Waals surface area contributed by atoms with Crippen molar-refractivity contribution in [3.8, 4) is 0 Å². The molecule has 5 nitrogen and oxygen atoms in total. The van der Waals surface area contributed by atoms with Crippen LogP contribution in [0.4, 0.5) is 5.69 Å². The van der Waals surface area contributed by atoms with E-state index in [-0.39, 0.29) is 11.1 Å². The van der Waals surface area contributed by atoms with E-state index in [1.54, 1.807) is 6.20 Å². The Labute approximate surface area is 115 Å². The quantitative estimate of drug-likeness (QED) is 0.865. The third-order valence-corrected chi connectivity index (χ3v) is 4.37. The molecular formula is C12H19BrN4O. The van der Waals surface area contributed by atoms with Crippen LogP contribution in [0, 0.1) is 5.92 Å². The third-order valence-electron chi connectivity index (χ3n) is 3.61. The van der Waals surface area contributed by atoms with E-state index in [1.165, 1.54) is 17.5 Å². The van der Waals surface area contributed by atoms with Crippen molar-refractivity contribution in [2.24, 2.45) is 11.7 Å². The second-order valence-electron chi connectivity index (χ2n) is 5.01. The zero-order valence-electron chi connectivity index (χ0n) is 10.7. The summed E-state index contributed by atoms with van der Waals surface area (Å²) in [6.07, 6.45) is 4.07. The highest BCUT2D eigenvalue weighted by atomic mass is 79.9. The molecule has 18 heavy (non-hydrogen) atoms. The molecule has 1 unspecified atom stereocenters. The Morgan fingerprint density at radius 3 is 2.83 bits per heavy atom. The fourth-order valence-electron chi connectivity index (χ4n) is 2.13. The van der Waals surface area contributed by atoms with Gasteiger partial charge in [0.15, 0.2) is 0 Å². The first-order valence-corrected chi connectivity index (χ1v) is 7.05. The average molecular weight is 315 g/mol. The molecule has 3 N–H and O–H groups in total. The molecule has 0 amide bonds. The fourth-order valence-corrected chi connectivity index (χ4v) is 2.53. The first kappa shape index (κ1) is 13.5. The molecule has 1 aliphatic carbocycles. The second-order valence-corrected chi connectivity index (χ2v) is 5.81. The SMILES string of the molecule is CCn1ncc(NC(C)(CN)C2CC2)c(Br)c1=O. The van der Waals surface area contributed by atoms with Gasteiger partial charge in [-0.3, -0.25) is 4.79 Å². The summed E-state index contributed by atoms with van der Waals surface area (Å²) in [6.45, 7) is 5.10. The Morgan fingerprint density at radius 1 is 1.67 bits per heavy atom. The smallest absolute Gasteiger partial charge is 0.283 e. The molecule has 0 radical (unpaired) electrons. The average Bonchev–Trinajstić information content (AvgIpc) is 3.20. The maximum atomic E-state index is 12.0. The molecule has 1 aromatic rings. The van der Waals surface area contributed by atoms with Gasteiger partial charge in [-0.15, -0.1) is 0 Å². The summed E-state index contributed by atoms with van der Waals surface area (Å²) in [4.78, 5) is 12.0. The van der Waals surface area contributed by atoms with E-state index >= 15 is 0 Å². The number of aromatic nitrogens is 2. The standard InChI is InChI=1S/C12H19BrN4O/c1-3-17-11(18)10(13)9(6-15-17)16-12(2,7-14)8-4-5-8/h6,8,16H,3-5,7,14H2,1-2H3. The molecule has 1 aliphatic rings. The summed E-state index contributed by atoms with van der Waals surface area (Å²) in [5, 5.41) is 7.51. The molecule has 2 rings (SSSR count). The number of nitrogens with two attached hydrogens (primary N) is 1. The molecule has 1 fully saturated rings. The lowest BCUT2D eigenvalue weighted by molar-refractivity contribution is 0.458. The highest BCUT2D eigenvalue weighted by molar-refractivity contribution is 9.10. The largest absolute Gasteiger partial charge is 0.376 e. The number of hydrogen-bond donors (Lipinski definition) is 2. The van der Waals surface area contributed by atoms with Crippen LogP contribution in [0.2, 0.25) is 0 Å². The number of anilines is 1. The van der Waals surface area contributed by atoms with Crippen LogP contribution in [-0.4, -0.2) is 21.9 Å². The minimum Gasteiger partial charge on any atom is -0.376 e. The maximum absolute atomic E-state index is 12.0. The van der Waals surface area contributed by atoms with Crippen LogP contribution in [0.25, 0.3) is 0 Å². The lowest BCUT2D eigenvalue weighted by Gasteiger charge is -2.31. The number of aryl methyl sites for hydroxylation is 1. The zero-order valence-corrected chi connectivity index (χ0v) is 12.3. The Kier molecular flexibility index (Phi) is 3.77. The van der Waals surface area contributed by atoms with Crippen molar-refractivity contribution in [2.45, 2.75) is 38.8 Å². The zero-order chi connectivity index (χ0) is 13.3. The van der Waals surface area contributed by atoms with Crippen molar-refractivity contribution in [2.75, 3.05) is 11.9 Å². The van der Waals surface area contributed by atoms with Gasteiger partial charge in [0.25, 0.3) is 5.56 Å². The van der Waals surface area contributed by atoms with Crippen molar-refractivity contribution >= 4 is 21.6 Å². The van der Waals surface area contributed by atoms with Crippen molar-refractivity contribution in [3.05, 3.63) is 21.0 Å². The van der Waals surface area contributed by atoms with Crippen LogP contribution in [-0.2, 0) is 6.54 Å². The highest BCUT2D eigenvalue weighted by Gasteiger charge is 2.40. The first-order valence-electron chi connectivity index (χ1n) is 6.25. The summed E-state index contributed by atoms with van der Waals surface area (Å²) in [5.74, 6) is 0.586. The molecule has 100 valence electrons. The molecule has 1 saturated carbocycles. The topological polar surface area (TPSA) is 72.9 Å². The van der Waals surface area contributed by atoms with Gasteiger partial charge in [-0.05, 0) is 48.5 Å². The number of rotatable bonds is 5. The minimum absolute atomic E-state index is 0.113. The van der Waals surface area contributed by atoms with E-state index in [9.17, 15) is 4.79 Å². The summed E-state index contributed by atoms with van der Waals surface area (Å²) in [7, 11) is 0. The highest BCUT2D eigenvalue weighted by Crippen LogP contribution is 2.41. The Morgan fingerprint density at radius 2 is 2.33 bits per heavy atom. The van der Waals surface area contributed by atoms with E-state index < -0.39 is 0 Å². The lowest BCUT2D eigenvalue weighted by atomic mass is 9.96. The Balaban J connectivity index is 2.29. The van der Waals surface area contributed by atoms with Gasteiger partial charge in [0.05, 0.1) is 11.9 Å². The molecule has 1 heterocycles. The number of nitrogens with zero attached hydrogens (tertiary/aromatic N) is 2. The Bertz CT molecular complexity index is 497. The number of hydrogen-bond acceptors (Lipinski definition) is 4. The van der Waals surface area contributed by atoms with Gasteiger partial charge < -0.3 is 11.1 Å². The predicted octanol–water partition coefficient (Wildman–Crippen LogP) is 1.56. The van der Waals surface area contributed by atoms with Gasteiger partial charge in [-0.2, -0.15) is 5.10 Å². The van der Waals surface area contributed by atoms with E-state index in [1.807, 2.05) is 6.92 Å². The van der Waals surface area contributed by atoms with Crippen LogP contribution in [0.15, 0.2) is 15.5 Å². The molecule has 0 aromatic carbocycles. The normalized spacial score (nSPS) is 18.4. The molecule has 0 saturated heterocycles. The van der Waals surface area contributed by atoms with Crippen molar-refractivity contribution in [1.29, 1.82) is 0 Å². The molecule has 0 aliphatic heterocycles. The summed E-state index contributed by atoms with van der Waals surface area (Å²) in [6, 6.07) is 0. The van der Waals surface area contributed by atoms with Crippen molar-refractivity contribution in [3.63, 3.8) is 0 Å². The van der Waals surface area contributed by atoms with E-state index in [4.69, 9.17) is 5.73 Å². The monoisotopic (exact) mass is 314 g/mol. The van der Waals surface area contributed by atoms with Gasteiger partial charge in [0.2, 0.25) is 0 Å². The summed E-state index contributed by atoms with van der Waals surface area (Å²) >= 11 is 3.35. The van der Waals surface area contributed by atoms with Gasteiger partial charge in [0.1, 0.15) is 4.47 Å². The van der Waals surface area contributed by atoms with Gasteiger partial charge >= 0.3 is 0 Å². The molecule has 0 bridgehead atoms. The molecular weight excluding hydrogens is 296 g/mol. The molecule has 1 atom stereocenters. The van der Waals surface area contributed by atoms with Crippen molar-refractivity contribution in [1.82, 2.24) is 9.78 Å². The third kappa shape index (κ3) is 2.44. The van der Waals surface area contributed by atoms with E-state index in [0.717, 1.165) is 5.69 Å². The second kappa shape index (κ2) is 5.01. The maximum Gasteiger partial charge on any atom is 0.283 e. The van der Waals surface area contributed by atoms with Crippen molar-refractivity contribution < 1.29 is 0 Å². The molecule has 1 aromatic heterocycles. The molecule has 6 heteroatoms. The number of nitrogens with one attached hydrogen (secondary N) is 1. The van der Waals surface area contributed by atoms with Crippen LogP contribution < -0.4 is 16.6 Å². The van der Waals surface area contributed by atoms with E-state index in [2.05, 4.69) is 33.3 Å². The summed E-state index contributed by atoms with van der Waals surface area (Å²) < 4.78 is 1.95. The first-order chi connectivity index (χ1) is 8.51.